The van der Waals surface area contributed by atoms with Gasteiger partial charge < -0.3 is 65.1 Å². The summed E-state index contributed by atoms with van der Waals surface area (Å²) >= 11 is 0. The van der Waals surface area contributed by atoms with Crippen molar-refractivity contribution in [1.29, 1.82) is 0 Å². The Labute approximate surface area is 389 Å². The van der Waals surface area contributed by atoms with Crippen molar-refractivity contribution >= 4 is 5.91 Å². The molecule has 0 aromatic heterocycles. The first-order chi connectivity index (χ1) is 31.6. The molecule has 2 rings (SSSR count). The Balaban J connectivity index is 1.90. The number of rotatable bonds is 36. The quantitative estimate of drug-likeness (QED) is 0.0258. The largest absolute Gasteiger partial charge is 0.394 e. The van der Waals surface area contributed by atoms with Gasteiger partial charge in [-0.2, -0.15) is 0 Å². The normalized spacial score (nSPS) is 27.7. The van der Waals surface area contributed by atoms with Crippen LogP contribution in [0, 0.1) is 0 Å². The number of allylic oxidation sites excluding steroid dienone is 11. The molecule has 0 aromatic carbocycles. The highest BCUT2D eigenvalue weighted by Crippen LogP contribution is 2.30. The molecule has 2 aliphatic heterocycles. The fourth-order valence-corrected chi connectivity index (χ4v) is 7.59. The lowest BCUT2D eigenvalue weighted by Crippen LogP contribution is -2.65. The lowest BCUT2D eigenvalue weighted by Gasteiger charge is -2.46. The zero-order valence-electron chi connectivity index (χ0n) is 39.4. The van der Waals surface area contributed by atoms with E-state index in [-0.39, 0.29) is 18.9 Å². The van der Waals surface area contributed by atoms with Crippen LogP contribution in [0.5, 0.6) is 0 Å². The molecular formula is C51H87NO13. The van der Waals surface area contributed by atoms with Crippen LogP contribution in [0.4, 0.5) is 0 Å². The van der Waals surface area contributed by atoms with Crippen LogP contribution in [-0.4, -0.2) is 140 Å². The zero-order valence-corrected chi connectivity index (χ0v) is 39.4. The third-order valence-corrected chi connectivity index (χ3v) is 11.6. The van der Waals surface area contributed by atoms with E-state index in [1.165, 1.54) is 51.4 Å². The maximum Gasteiger partial charge on any atom is 0.220 e. The highest BCUT2D eigenvalue weighted by atomic mass is 16.7. The second-order valence-electron chi connectivity index (χ2n) is 17.2. The van der Waals surface area contributed by atoms with Gasteiger partial charge in [-0.3, -0.25) is 4.79 Å². The lowest BCUT2D eigenvalue weighted by molar-refractivity contribution is -0.359. The Bertz CT molecular complexity index is 1370. The summed E-state index contributed by atoms with van der Waals surface area (Å²) in [6.45, 7) is 2.60. The van der Waals surface area contributed by atoms with Crippen molar-refractivity contribution in [3.63, 3.8) is 0 Å². The number of amides is 1. The van der Waals surface area contributed by atoms with Gasteiger partial charge in [0, 0.05) is 6.42 Å². The molecule has 0 spiro atoms. The maximum absolute atomic E-state index is 13.1. The minimum absolute atomic E-state index is 0.241. The average Bonchev–Trinajstić information content (AvgIpc) is 3.30. The third kappa shape index (κ3) is 24.9. The highest BCUT2D eigenvalue weighted by Gasteiger charge is 2.51. The summed E-state index contributed by atoms with van der Waals surface area (Å²) in [6, 6.07) is -0.946. The number of ether oxygens (including phenoxy) is 4. The number of carbonyl (C=O) groups is 1. The number of aliphatic hydroxyl groups excluding tert-OH is 8. The van der Waals surface area contributed by atoms with E-state index >= 15 is 0 Å². The van der Waals surface area contributed by atoms with Gasteiger partial charge in [-0.15, -0.1) is 0 Å². The van der Waals surface area contributed by atoms with E-state index in [9.17, 15) is 45.6 Å². The van der Waals surface area contributed by atoms with Crippen LogP contribution >= 0.6 is 0 Å². The van der Waals surface area contributed by atoms with Gasteiger partial charge in [0.25, 0.3) is 0 Å². The minimum Gasteiger partial charge on any atom is -0.394 e. The maximum atomic E-state index is 13.1. The van der Waals surface area contributed by atoms with Crippen molar-refractivity contribution < 1.29 is 64.6 Å². The molecule has 0 bridgehead atoms. The van der Waals surface area contributed by atoms with E-state index in [2.05, 4.69) is 79.9 Å². The summed E-state index contributed by atoms with van der Waals surface area (Å²) in [4.78, 5) is 13.1. The molecule has 2 heterocycles. The molecule has 0 aliphatic carbocycles. The summed E-state index contributed by atoms with van der Waals surface area (Å²) in [7, 11) is 0. The van der Waals surface area contributed by atoms with Crippen LogP contribution in [0.25, 0.3) is 0 Å². The van der Waals surface area contributed by atoms with Crippen LogP contribution in [0.15, 0.2) is 72.9 Å². The fraction of sp³-hybridized carbons (Fsp3) is 0.745. The van der Waals surface area contributed by atoms with Crippen molar-refractivity contribution in [3.05, 3.63) is 72.9 Å². The van der Waals surface area contributed by atoms with Crippen LogP contribution < -0.4 is 5.32 Å². The summed E-state index contributed by atoms with van der Waals surface area (Å²) < 4.78 is 22.6. The van der Waals surface area contributed by atoms with E-state index in [4.69, 9.17) is 18.9 Å². The molecular weight excluding hydrogens is 835 g/mol. The smallest absolute Gasteiger partial charge is 0.220 e. The van der Waals surface area contributed by atoms with E-state index < -0.39 is 86.8 Å². The minimum atomic E-state index is -1.80. The monoisotopic (exact) mass is 922 g/mol. The summed E-state index contributed by atoms with van der Waals surface area (Å²) in [5, 5.41) is 86.6. The molecule has 12 unspecified atom stereocenters. The van der Waals surface area contributed by atoms with E-state index in [1.807, 2.05) is 6.08 Å². The van der Waals surface area contributed by atoms with Gasteiger partial charge in [0.05, 0.1) is 32.0 Å². The second-order valence-corrected chi connectivity index (χ2v) is 17.2. The molecule has 2 aliphatic rings. The van der Waals surface area contributed by atoms with Gasteiger partial charge in [0.15, 0.2) is 12.6 Å². The zero-order chi connectivity index (χ0) is 47.5. The number of unbranched alkanes of at least 4 members (excludes halogenated alkanes) is 13. The molecule has 2 saturated heterocycles. The fourth-order valence-electron chi connectivity index (χ4n) is 7.59. The third-order valence-electron chi connectivity index (χ3n) is 11.6. The van der Waals surface area contributed by atoms with E-state index in [0.717, 1.165) is 64.2 Å². The molecule has 12 atom stereocenters. The van der Waals surface area contributed by atoms with Crippen molar-refractivity contribution in [3.8, 4) is 0 Å². The Morgan fingerprint density at radius 2 is 1.08 bits per heavy atom. The molecule has 1 amide bonds. The molecule has 9 N–H and O–H groups in total. The predicted molar refractivity (Wildman–Crippen MR) is 253 cm³/mol. The van der Waals surface area contributed by atoms with Crippen molar-refractivity contribution in [2.24, 2.45) is 0 Å². The van der Waals surface area contributed by atoms with Crippen LogP contribution in [-0.2, 0) is 23.7 Å². The molecule has 374 valence electrons. The molecule has 65 heavy (non-hydrogen) atoms. The Morgan fingerprint density at radius 3 is 1.69 bits per heavy atom. The van der Waals surface area contributed by atoms with Crippen molar-refractivity contribution in [2.45, 2.75) is 222 Å². The summed E-state index contributed by atoms with van der Waals surface area (Å²) in [5.74, 6) is -0.278. The average molecular weight is 922 g/mol. The Hall–Kier alpha value is -2.57. The molecule has 0 radical (unpaired) electrons. The van der Waals surface area contributed by atoms with Gasteiger partial charge in [0.2, 0.25) is 5.91 Å². The lowest BCUT2D eigenvalue weighted by atomic mass is 9.97. The summed E-state index contributed by atoms with van der Waals surface area (Å²) in [6.07, 6.45) is 29.4. The first-order valence-corrected chi connectivity index (χ1v) is 24.7. The van der Waals surface area contributed by atoms with E-state index in [1.54, 1.807) is 6.08 Å². The molecule has 14 heteroatoms. The SMILES string of the molecule is CC/C=C\C/C=C\C/C=C\C/C=C\CCCCCCC(=O)NC(COC1OC(CO)C(OC2OC(CO)C(O)C(O)C2O)C(O)C1O)C(O)/C=C/CC/C=C/CCCCCCCCCC. The van der Waals surface area contributed by atoms with Gasteiger partial charge in [-0.1, -0.05) is 145 Å². The van der Waals surface area contributed by atoms with Crippen molar-refractivity contribution in [2.75, 3.05) is 19.8 Å². The van der Waals surface area contributed by atoms with Crippen molar-refractivity contribution in [1.82, 2.24) is 5.32 Å². The Kier molecular flexibility index (Phi) is 33.7. The molecule has 0 saturated carbocycles. The molecule has 0 aromatic rings. The van der Waals surface area contributed by atoms with Gasteiger partial charge in [-0.25, -0.2) is 0 Å². The van der Waals surface area contributed by atoms with Crippen LogP contribution in [0.1, 0.15) is 149 Å². The van der Waals surface area contributed by atoms with E-state index in [0.29, 0.717) is 12.8 Å². The highest BCUT2D eigenvalue weighted by molar-refractivity contribution is 5.76. The first-order valence-electron chi connectivity index (χ1n) is 24.7. The standard InChI is InChI=1S/C51H87NO13/c1-3-5-7-9-11-13-15-17-19-20-21-23-25-27-29-31-33-35-43(56)52-39(40(55)34-32-30-28-26-24-22-18-16-14-12-10-8-6-4-2)38-62-50-48(61)46(59)49(42(37-54)64-50)65-51-47(60)45(58)44(57)41(36-53)63-51/h5,7,11,13,17,19,21,23-24,26,32,34,39-42,44-51,53-55,57-61H,3-4,6,8-10,12,14-16,18,20,22,25,27-31,33,35-38H2,1-2H3,(H,52,56)/b7-5-,13-11-,19-17-,23-21-,26-24+,34-32+. The number of hydrogen-bond acceptors (Lipinski definition) is 13. The number of carbonyl (C=O) groups excluding carboxylic acids is 1. The second kappa shape index (κ2) is 37.4. The first kappa shape index (κ1) is 58.6. The number of aliphatic hydroxyl groups is 8. The number of hydrogen-bond donors (Lipinski definition) is 9. The topological polar surface area (TPSA) is 228 Å². The Morgan fingerprint density at radius 1 is 0.569 bits per heavy atom. The van der Waals surface area contributed by atoms with Gasteiger partial charge in [-0.05, 0) is 70.6 Å². The van der Waals surface area contributed by atoms with Gasteiger partial charge >= 0.3 is 0 Å². The predicted octanol–water partition coefficient (Wildman–Crippen LogP) is 6.04. The summed E-state index contributed by atoms with van der Waals surface area (Å²) in [5.41, 5.74) is 0. The van der Waals surface area contributed by atoms with Crippen LogP contribution in [0.2, 0.25) is 0 Å². The number of nitrogens with one attached hydrogen (secondary N) is 1. The molecule has 2 fully saturated rings. The molecule has 14 nitrogen and oxygen atoms in total. The van der Waals surface area contributed by atoms with Gasteiger partial charge in [0.1, 0.15) is 48.8 Å². The van der Waals surface area contributed by atoms with Crippen LogP contribution in [0.3, 0.4) is 0 Å².